The zero-order valence-electron chi connectivity index (χ0n) is 18.2. The minimum Gasteiger partial charge on any atom is -0.492 e. The summed E-state index contributed by atoms with van der Waals surface area (Å²) in [5.74, 6) is 0.724. The summed E-state index contributed by atoms with van der Waals surface area (Å²) in [6, 6.07) is 27.5. The van der Waals surface area contributed by atoms with Crippen molar-refractivity contribution in [2.45, 2.75) is 6.54 Å². The monoisotopic (exact) mass is 453 g/mol. The van der Waals surface area contributed by atoms with Crippen LogP contribution in [0.25, 0.3) is 17.0 Å². The normalized spacial score (nSPS) is 15.1. The molecule has 3 aromatic carbocycles. The van der Waals surface area contributed by atoms with Crippen LogP contribution in [-0.2, 0) is 11.3 Å². The number of benzene rings is 3. The van der Waals surface area contributed by atoms with E-state index in [-0.39, 0.29) is 5.91 Å². The first-order chi connectivity index (χ1) is 16.1. The topological polar surface area (TPSA) is 37.7 Å². The molecule has 1 aromatic heterocycles. The molecule has 0 unspecified atom stereocenters. The summed E-state index contributed by atoms with van der Waals surface area (Å²) >= 11 is 5.59. The van der Waals surface area contributed by atoms with Crippen LogP contribution >= 0.6 is 12.2 Å². The van der Waals surface area contributed by atoms with Gasteiger partial charge in [-0.05, 0) is 48.6 Å². The molecule has 0 radical (unpaired) electrons. The van der Waals surface area contributed by atoms with E-state index in [2.05, 4.69) is 22.9 Å². The molecule has 0 saturated carbocycles. The fourth-order valence-electron chi connectivity index (χ4n) is 4.06. The Morgan fingerprint density at radius 3 is 2.33 bits per heavy atom. The summed E-state index contributed by atoms with van der Waals surface area (Å²) in [7, 11) is 1.84. The average molecular weight is 454 g/mol. The van der Waals surface area contributed by atoms with Crippen molar-refractivity contribution in [3.8, 4) is 5.75 Å². The van der Waals surface area contributed by atoms with Gasteiger partial charge in [-0.2, -0.15) is 0 Å². The van der Waals surface area contributed by atoms with Gasteiger partial charge in [-0.1, -0.05) is 54.6 Å². The Morgan fingerprint density at radius 2 is 1.58 bits per heavy atom. The number of aromatic nitrogens is 1. The number of carbonyl (C=O) groups is 1. The largest absolute Gasteiger partial charge is 0.492 e. The van der Waals surface area contributed by atoms with E-state index in [1.54, 1.807) is 9.80 Å². The van der Waals surface area contributed by atoms with Crippen LogP contribution in [0.4, 0.5) is 5.69 Å². The van der Waals surface area contributed by atoms with Gasteiger partial charge >= 0.3 is 0 Å². The fourth-order valence-corrected chi connectivity index (χ4v) is 4.35. The highest BCUT2D eigenvalue weighted by Crippen LogP contribution is 2.30. The lowest BCUT2D eigenvalue weighted by atomic mass is 10.1. The Hall–Kier alpha value is -3.90. The number of hydrogen-bond acceptors (Lipinski definition) is 3. The molecule has 5 nitrogen and oxygen atoms in total. The van der Waals surface area contributed by atoms with Gasteiger partial charge in [0.1, 0.15) is 18.1 Å². The highest BCUT2D eigenvalue weighted by molar-refractivity contribution is 7.80. The molecule has 2 heterocycles. The van der Waals surface area contributed by atoms with E-state index >= 15 is 0 Å². The predicted molar refractivity (Wildman–Crippen MR) is 136 cm³/mol. The van der Waals surface area contributed by atoms with Crippen molar-refractivity contribution < 1.29 is 9.53 Å². The van der Waals surface area contributed by atoms with Gasteiger partial charge in [-0.15, -0.1) is 0 Å². The molecule has 5 rings (SSSR count). The summed E-state index contributed by atoms with van der Waals surface area (Å²) in [5.41, 5.74) is 3.38. The van der Waals surface area contributed by atoms with Crippen LogP contribution in [0.1, 0.15) is 5.56 Å². The molecule has 1 fully saturated rings. The number of nitrogens with zero attached hydrogens (tertiary/aromatic N) is 3. The quantitative estimate of drug-likeness (QED) is 0.292. The second-order valence-electron chi connectivity index (χ2n) is 7.80. The molecule has 1 aliphatic rings. The number of thiocarbonyl (C=S) groups is 1. The van der Waals surface area contributed by atoms with E-state index in [0.717, 1.165) is 27.9 Å². The van der Waals surface area contributed by atoms with Gasteiger partial charge < -0.3 is 14.2 Å². The van der Waals surface area contributed by atoms with E-state index in [1.165, 1.54) is 0 Å². The molecule has 0 bridgehead atoms. The molecule has 0 N–H and O–H groups in total. The van der Waals surface area contributed by atoms with Crippen LogP contribution in [0.2, 0.25) is 0 Å². The third-order valence-corrected chi connectivity index (χ3v) is 6.19. The van der Waals surface area contributed by atoms with Gasteiger partial charge in [0.15, 0.2) is 5.11 Å². The molecule has 1 saturated heterocycles. The summed E-state index contributed by atoms with van der Waals surface area (Å²) in [5, 5.41) is 1.55. The number of fused-ring (bicyclic) bond motifs is 1. The Labute approximate surface area is 198 Å². The molecule has 1 aliphatic heterocycles. The molecular formula is C27H23N3O2S. The van der Waals surface area contributed by atoms with Crippen molar-refractivity contribution in [2.75, 3.05) is 18.6 Å². The number of para-hydroxylation sites is 3. The highest BCUT2D eigenvalue weighted by atomic mass is 32.1. The maximum Gasteiger partial charge on any atom is 0.281 e. The lowest BCUT2D eigenvalue weighted by molar-refractivity contribution is -0.114. The van der Waals surface area contributed by atoms with Crippen LogP contribution in [0.3, 0.4) is 0 Å². The molecule has 1 amide bonds. The molecule has 0 aliphatic carbocycles. The van der Waals surface area contributed by atoms with Gasteiger partial charge in [-0.25, -0.2) is 0 Å². The predicted octanol–water partition coefficient (Wildman–Crippen LogP) is 5.32. The van der Waals surface area contributed by atoms with Gasteiger partial charge in [0, 0.05) is 29.7 Å². The van der Waals surface area contributed by atoms with Crippen LogP contribution in [0.15, 0.2) is 96.8 Å². The van der Waals surface area contributed by atoms with Gasteiger partial charge in [-0.3, -0.25) is 9.69 Å². The molecular weight excluding hydrogens is 430 g/mol. The number of likely N-dealkylation sites (N-methyl/N-ethyl adjacent to an activating group) is 1. The number of hydrogen-bond donors (Lipinski definition) is 0. The number of anilines is 1. The first-order valence-electron chi connectivity index (χ1n) is 10.8. The maximum absolute atomic E-state index is 13.3. The zero-order valence-corrected chi connectivity index (χ0v) is 19.0. The van der Waals surface area contributed by atoms with Gasteiger partial charge in [0.2, 0.25) is 0 Å². The highest BCUT2D eigenvalue weighted by Gasteiger charge is 2.36. The Bertz CT molecular complexity index is 1350. The fraction of sp³-hybridized carbons (Fsp3) is 0.111. The molecule has 6 heteroatoms. The van der Waals surface area contributed by atoms with Crippen molar-refractivity contribution in [3.05, 3.63) is 102 Å². The first kappa shape index (κ1) is 21.0. The van der Waals surface area contributed by atoms with E-state index < -0.39 is 0 Å². The van der Waals surface area contributed by atoms with Crippen molar-refractivity contribution in [1.29, 1.82) is 0 Å². The molecule has 4 aromatic rings. The second-order valence-corrected chi connectivity index (χ2v) is 8.17. The number of ether oxygens (including phenoxy) is 1. The lowest BCUT2D eigenvalue weighted by Gasteiger charge is -2.16. The smallest absolute Gasteiger partial charge is 0.281 e. The van der Waals surface area contributed by atoms with Crippen molar-refractivity contribution in [3.63, 3.8) is 0 Å². The van der Waals surface area contributed by atoms with E-state index in [0.29, 0.717) is 24.0 Å². The van der Waals surface area contributed by atoms with Crippen molar-refractivity contribution in [1.82, 2.24) is 9.47 Å². The van der Waals surface area contributed by atoms with Crippen LogP contribution in [0.5, 0.6) is 5.75 Å². The molecule has 0 atom stereocenters. The maximum atomic E-state index is 13.3. The molecule has 33 heavy (non-hydrogen) atoms. The Kier molecular flexibility index (Phi) is 5.67. The lowest BCUT2D eigenvalue weighted by Crippen LogP contribution is -2.30. The van der Waals surface area contributed by atoms with E-state index in [9.17, 15) is 4.79 Å². The summed E-state index contributed by atoms with van der Waals surface area (Å²) in [6.07, 6.45) is 4.00. The second kappa shape index (κ2) is 8.92. The van der Waals surface area contributed by atoms with Crippen molar-refractivity contribution >= 4 is 45.9 Å². The molecule has 164 valence electrons. The Morgan fingerprint density at radius 1 is 0.909 bits per heavy atom. The van der Waals surface area contributed by atoms with E-state index in [4.69, 9.17) is 17.0 Å². The van der Waals surface area contributed by atoms with Crippen LogP contribution in [-0.4, -0.2) is 34.1 Å². The summed E-state index contributed by atoms with van der Waals surface area (Å²) in [4.78, 5) is 16.7. The van der Waals surface area contributed by atoms with Crippen molar-refractivity contribution in [2.24, 2.45) is 0 Å². The zero-order chi connectivity index (χ0) is 22.8. The third-order valence-electron chi connectivity index (χ3n) is 5.73. The summed E-state index contributed by atoms with van der Waals surface area (Å²) < 4.78 is 8.05. The average Bonchev–Trinajstić information content (AvgIpc) is 3.30. The SMILES string of the molecule is CN1C(=S)N(c2ccccc2)C(=O)/C1=C/c1cn(CCOc2ccccc2)c2ccccc12. The van der Waals surface area contributed by atoms with Crippen LogP contribution in [0, 0.1) is 0 Å². The number of carbonyl (C=O) groups excluding carboxylic acids is 1. The number of amides is 1. The molecule has 0 spiro atoms. The number of rotatable bonds is 6. The van der Waals surface area contributed by atoms with Crippen LogP contribution < -0.4 is 9.64 Å². The minimum absolute atomic E-state index is 0.127. The van der Waals surface area contributed by atoms with E-state index in [1.807, 2.05) is 85.9 Å². The Balaban J connectivity index is 1.45. The minimum atomic E-state index is -0.127. The third kappa shape index (κ3) is 4.01. The summed E-state index contributed by atoms with van der Waals surface area (Å²) in [6.45, 7) is 1.24. The first-order valence-corrected chi connectivity index (χ1v) is 11.2. The standard InChI is InChI=1S/C27H23N3O2S/c1-28-25(26(31)30(27(28)33)21-10-4-2-5-11-21)18-20-19-29(24-15-9-8-14-23(20)24)16-17-32-22-12-6-3-7-13-22/h2-15,18-19H,16-17H2,1H3/b25-18-. The van der Waals surface area contributed by atoms with Gasteiger partial charge in [0.25, 0.3) is 5.91 Å². The van der Waals surface area contributed by atoms with Gasteiger partial charge in [0.05, 0.1) is 12.2 Å².